The number of hydrogen-bond acceptors (Lipinski definition) is 2. The van der Waals surface area contributed by atoms with Crippen molar-refractivity contribution >= 4 is 0 Å². The fourth-order valence-corrected chi connectivity index (χ4v) is 2.36. The van der Waals surface area contributed by atoms with Crippen molar-refractivity contribution in [3.8, 4) is 0 Å². The maximum atomic E-state index is 4.05. The van der Waals surface area contributed by atoms with Gasteiger partial charge < -0.3 is 9.88 Å². The molecule has 0 saturated heterocycles. The van der Waals surface area contributed by atoms with Gasteiger partial charge >= 0.3 is 0 Å². The zero-order chi connectivity index (χ0) is 14.0. The molecule has 1 atom stereocenters. The summed E-state index contributed by atoms with van der Waals surface area (Å²) in [6, 6.07) is 10.8. The molecule has 0 aliphatic rings. The van der Waals surface area contributed by atoms with Gasteiger partial charge in [0.1, 0.15) is 0 Å². The highest BCUT2D eigenvalue weighted by Crippen LogP contribution is 2.17. The van der Waals surface area contributed by atoms with E-state index in [1.165, 1.54) is 24.8 Å². The monoisotopic (exact) mass is 271 g/mol. The predicted molar refractivity (Wildman–Crippen MR) is 83.8 cm³/mol. The average Bonchev–Trinajstić information content (AvgIpc) is 3.00. The molecule has 1 unspecified atom stereocenters. The summed E-state index contributed by atoms with van der Waals surface area (Å²) < 4.78 is 2.14. The van der Waals surface area contributed by atoms with Crippen molar-refractivity contribution < 1.29 is 0 Å². The topological polar surface area (TPSA) is 29.9 Å². The normalized spacial score (nSPS) is 12.4. The Morgan fingerprint density at radius 2 is 2.00 bits per heavy atom. The van der Waals surface area contributed by atoms with E-state index in [0.29, 0.717) is 5.92 Å². The lowest BCUT2D eigenvalue weighted by atomic mass is 9.98. The molecular weight excluding hydrogens is 246 g/mol. The van der Waals surface area contributed by atoms with E-state index < -0.39 is 0 Å². The zero-order valence-electron chi connectivity index (χ0n) is 12.3. The number of unbranched alkanes of at least 4 members (excludes halogenated alkanes) is 1. The first-order valence-electron chi connectivity index (χ1n) is 7.57. The molecule has 108 valence electrons. The van der Waals surface area contributed by atoms with Crippen molar-refractivity contribution in [3.63, 3.8) is 0 Å². The lowest BCUT2D eigenvalue weighted by Gasteiger charge is -2.12. The quantitative estimate of drug-likeness (QED) is 0.708. The molecule has 0 spiro atoms. The molecule has 1 heterocycles. The van der Waals surface area contributed by atoms with E-state index in [1.807, 2.05) is 18.7 Å². The van der Waals surface area contributed by atoms with Gasteiger partial charge in [0.15, 0.2) is 0 Å². The molecule has 3 nitrogen and oxygen atoms in total. The lowest BCUT2D eigenvalue weighted by Crippen LogP contribution is -2.18. The van der Waals surface area contributed by atoms with Gasteiger partial charge in [0.25, 0.3) is 0 Å². The molecule has 3 heteroatoms. The van der Waals surface area contributed by atoms with E-state index in [1.54, 1.807) is 0 Å². The van der Waals surface area contributed by atoms with E-state index in [4.69, 9.17) is 0 Å². The van der Waals surface area contributed by atoms with Crippen LogP contribution in [0.3, 0.4) is 0 Å². The van der Waals surface area contributed by atoms with Gasteiger partial charge in [0.2, 0.25) is 0 Å². The Labute approximate surface area is 122 Å². The standard InChI is InChI=1S/C17H25N3/c1-16(17-7-3-2-4-8-17)9-11-18-10-5-6-13-20-14-12-19-15-20/h2-4,7-8,12,14-16,18H,5-6,9-11,13H2,1H3. The molecule has 2 rings (SSSR count). The molecule has 0 aliphatic heterocycles. The number of benzene rings is 1. The van der Waals surface area contributed by atoms with Crippen LogP contribution in [0.25, 0.3) is 0 Å². The Bertz CT molecular complexity index is 450. The number of nitrogens with one attached hydrogen (secondary N) is 1. The third kappa shape index (κ3) is 5.17. The summed E-state index contributed by atoms with van der Waals surface area (Å²) in [6.07, 6.45) is 9.37. The summed E-state index contributed by atoms with van der Waals surface area (Å²) in [5.74, 6) is 0.634. The van der Waals surface area contributed by atoms with Gasteiger partial charge in [-0.3, -0.25) is 0 Å². The van der Waals surface area contributed by atoms with Crippen LogP contribution in [0, 0.1) is 0 Å². The molecule has 0 bridgehead atoms. The average molecular weight is 271 g/mol. The van der Waals surface area contributed by atoms with Crippen LogP contribution >= 0.6 is 0 Å². The van der Waals surface area contributed by atoms with Gasteiger partial charge in [-0.05, 0) is 43.8 Å². The Hall–Kier alpha value is -1.61. The predicted octanol–water partition coefficient (Wildman–Crippen LogP) is 3.45. The summed E-state index contributed by atoms with van der Waals surface area (Å²) in [7, 11) is 0. The highest BCUT2D eigenvalue weighted by molar-refractivity contribution is 5.18. The Balaban J connectivity index is 1.49. The van der Waals surface area contributed by atoms with Gasteiger partial charge in [-0.15, -0.1) is 0 Å². The van der Waals surface area contributed by atoms with E-state index in [9.17, 15) is 0 Å². The fraction of sp³-hybridized carbons (Fsp3) is 0.471. The Kier molecular flexibility index (Phi) is 6.32. The second-order valence-corrected chi connectivity index (χ2v) is 5.36. The minimum atomic E-state index is 0.634. The van der Waals surface area contributed by atoms with Crippen LogP contribution in [-0.4, -0.2) is 22.6 Å². The Morgan fingerprint density at radius 3 is 2.75 bits per heavy atom. The van der Waals surface area contributed by atoms with Gasteiger partial charge in [-0.25, -0.2) is 4.98 Å². The SMILES string of the molecule is CC(CCNCCCCn1ccnc1)c1ccccc1. The van der Waals surface area contributed by atoms with Crippen molar-refractivity contribution in [1.82, 2.24) is 14.9 Å². The first kappa shape index (κ1) is 14.8. The lowest BCUT2D eigenvalue weighted by molar-refractivity contribution is 0.545. The van der Waals surface area contributed by atoms with Crippen LogP contribution in [-0.2, 0) is 6.54 Å². The molecule has 0 fully saturated rings. The van der Waals surface area contributed by atoms with Crippen molar-refractivity contribution in [2.24, 2.45) is 0 Å². The van der Waals surface area contributed by atoms with Gasteiger partial charge in [0.05, 0.1) is 6.33 Å². The molecule has 0 aliphatic carbocycles. The highest BCUT2D eigenvalue weighted by atomic mass is 15.0. The molecule has 0 radical (unpaired) electrons. The minimum Gasteiger partial charge on any atom is -0.337 e. The van der Waals surface area contributed by atoms with Crippen LogP contribution < -0.4 is 5.32 Å². The van der Waals surface area contributed by atoms with Crippen LogP contribution in [0.5, 0.6) is 0 Å². The minimum absolute atomic E-state index is 0.634. The van der Waals surface area contributed by atoms with Gasteiger partial charge in [-0.1, -0.05) is 37.3 Å². The molecule has 0 amide bonds. The third-order valence-electron chi connectivity index (χ3n) is 3.70. The van der Waals surface area contributed by atoms with Crippen LogP contribution in [0.1, 0.15) is 37.7 Å². The molecule has 0 saturated carbocycles. The number of aryl methyl sites for hydroxylation is 1. The van der Waals surface area contributed by atoms with Crippen molar-refractivity contribution in [2.75, 3.05) is 13.1 Å². The molecule has 1 N–H and O–H groups in total. The van der Waals surface area contributed by atoms with Gasteiger partial charge in [0, 0.05) is 18.9 Å². The van der Waals surface area contributed by atoms with Crippen molar-refractivity contribution in [3.05, 3.63) is 54.6 Å². The maximum absolute atomic E-state index is 4.05. The highest BCUT2D eigenvalue weighted by Gasteiger charge is 2.03. The first-order chi connectivity index (χ1) is 9.86. The fourth-order valence-electron chi connectivity index (χ4n) is 2.36. The van der Waals surface area contributed by atoms with Crippen LogP contribution in [0.4, 0.5) is 0 Å². The van der Waals surface area contributed by atoms with E-state index >= 15 is 0 Å². The number of nitrogens with zero attached hydrogens (tertiary/aromatic N) is 2. The van der Waals surface area contributed by atoms with Gasteiger partial charge in [-0.2, -0.15) is 0 Å². The van der Waals surface area contributed by atoms with E-state index in [2.05, 4.69) is 52.1 Å². The van der Waals surface area contributed by atoms with Crippen molar-refractivity contribution in [2.45, 2.75) is 38.6 Å². The van der Waals surface area contributed by atoms with Crippen LogP contribution in [0.2, 0.25) is 0 Å². The van der Waals surface area contributed by atoms with Crippen LogP contribution in [0.15, 0.2) is 49.1 Å². The second-order valence-electron chi connectivity index (χ2n) is 5.36. The smallest absolute Gasteiger partial charge is 0.0945 e. The van der Waals surface area contributed by atoms with Crippen molar-refractivity contribution in [1.29, 1.82) is 0 Å². The van der Waals surface area contributed by atoms with E-state index in [0.717, 1.165) is 19.6 Å². The molecular formula is C17H25N3. The largest absolute Gasteiger partial charge is 0.337 e. The molecule has 1 aromatic carbocycles. The summed E-state index contributed by atoms with van der Waals surface area (Å²) in [5, 5.41) is 3.54. The first-order valence-corrected chi connectivity index (χ1v) is 7.57. The summed E-state index contributed by atoms with van der Waals surface area (Å²) >= 11 is 0. The summed E-state index contributed by atoms with van der Waals surface area (Å²) in [5.41, 5.74) is 1.44. The molecule has 1 aromatic heterocycles. The third-order valence-corrected chi connectivity index (χ3v) is 3.70. The summed E-state index contributed by atoms with van der Waals surface area (Å²) in [6.45, 7) is 5.58. The van der Waals surface area contributed by atoms with E-state index in [-0.39, 0.29) is 0 Å². The number of aromatic nitrogens is 2. The molecule has 2 aromatic rings. The second kappa shape index (κ2) is 8.54. The Morgan fingerprint density at radius 1 is 1.15 bits per heavy atom. The summed E-state index contributed by atoms with van der Waals surface area (Å²) in [4.78, 5) is 4.05. The number of imidazole rings is 1. The molecule has 20 heavy (non-hydrogen) atoms. The maximum Gasteiger partial charge on any atom is 0.0945 e. The zero-order valence-corrected chi connectivity index (χ0v) is 12.3. The number of rotatable bonds is 9. The number of hydrogen-bond donors (Lipinski definition) is 1.